The topological polar surface area (TPSA) is 45.9 Å². The zero-order valence-electron chi connectivity index (χ0n) is 9.78. The van der Waals surface area contributed by atoms with Gasteiger partial charge in [0.15, 0.2) is 0 Å². The average molecular weight is 299 g/mol. The van der Waals surface area contributed by atoms with Gasteiger partial charge in [-0.2, -0.15) is 5.26 Å². The second-order valence-electron chi connectivity index (χ2n) is 3.73. The Balaban J connectivity index is 2.36. The third-order valence-electron chi connectivity index (χ3n) is 2.36. The summed E-state index contributed by atoms with van der Waals surface area (Å²) in [5.74, 6) is -0.338. The molecule has 0 atom stereocenters. The van der Waals surface area contributed by atoms with Gasteiger partial charge in [-0.3, -0.25) is 0 Å². The monoisotopic (exact) mass is 298 g/mol. The predicted molar refractivity (Wildman–Crippen MR) is 66.1 cm³/mol. The van der Waals surface area contributed by atoms with Gasteiger partial charge in [-0.1, -0.05) is 23.7 Å². The molecule has 3 nitrogen and oxygen atoms in total. The lowest BCUT2D eigenvalue weighted by atomic mass is 10.0. The molecule has 20 heavy (non-hydrogen) atoms. The van der Waals surface area contributed by atoms with E-state index >= 15 is 0 Å². The van der Waals surface area contributed by atoms with Gasteiger partial charge >= 0.3 is 6.36 Å². The number of benzene rings is 1. The molecule has 2 rings (SSSR count). The fraction of sp³-hybridized carbons (Fsp3) is 0.0769. The number of nitrogens with zero attached hydrogens (tertiary/aromatic N) is 2. The van der Waals surface area contributed by atoms with E-state index < -0.39 is 6.36 Å². The number of hydrogen-bond acceptors (Lipinski definition) is 3. The van der Waals surface area contributed by atoms with Gasteiger partial charge in [0.25, 0.3) is 0 Å². The van der Waals surface area contributed by atoms with Crippen LogP contribution in [0.2, 0.25) is 5.02 Å². The average Bonchev–Trinajstić information content (AvgIpc) is 2.38. The first-order chi connectivity index (χ1) is 9.39. The Kier molecular flexibility index (Phi) is 3.81. The molecule has 0 bridgehead atoms. The van der Waals surface area contributed by atoms with Gasteiger partial charge in [-0.15, -0.1) is 13.2 Å². The molecule has 0 fully saturated rings. The second-order valence-corrected chi connectivity index (χ2v) is 4.17. The lowest BCUT2D eigenvalue weighted by Gasteiger charge is -2.09. The maximum atomic E-state index is 12.0. The first-order valence-corrected chi connectivity index (χ1v) is 5.68. The minimum absolute atomic E-state index is 0.138. The molecule has 0 radical (unpaired) electrons. The predicted octanol–water partition coefficient (Wildman–Crippen LogP) is 4.17. The number of ether oxygens (including phenoxy) is 1. The van der Waals surface area contributed by atoms with E-state index in [0.29, 0.717) is 16.1 Å². The van der Waals surface area contributed by atoms with E-state index in [-0.39, 0.29) is 11.4 Å². The van der Waals surface area contributed by atoms with Crippen LogP contribution in [0.15, 0.2) is 36.5 Å². The highest BCUT2D eigenvalue weighted by molar-refractivity contribution is 6.30. The first-order valence-electron chi connectivity index (χ1n) is 5.31. The Bertz CT molecular complexity index is 663. The summed E-state index contributed by atoms with van der Waals surface area (Å²) in [6, 6.07) is 8.53. The minimum Gasteiger partial charge on any atom is -0.406 e. The van der Waals surface area contributed by atoms with E-state index in [1.165, 1.54) is 24.4 Å². The lowest BCUT2D eigenvalue weighted by molar-refractivity contribution is -0.274. The quantitative estimate of drug-likeness (QED) is 0.836. The molecule has 0 spiro atoms. The second kappa shape index (κ2) is 5.39. The van der Waals surface area contributed by atoms with Crippen molar-refractivity contribution >= 4 is 11.6 Å². The van der Waals surface area contributed by atoms with Gasteiger partial charge in [0.2, 0.25) is 0 Å². The molecular weight excluding hydrogens is 293 g/mol. The van der Waals surface area contributed by atoms with E-state index in [1.807, 2.05) is 6.07 Å². The molecule has 0 unspecified atom stereocenters. The van der Waals surface area contributed by atoms with Gasteiger partial charge in [-0.25, -0.2) is 4.98 Å². The molecule has 2 aromatic rings. The van der Waals surface area contributed by atoms with Gasteiger partial charge < -0.3 is 4.74 Å². The molecule has 1 heterocycles. The maximum absolute atomic E-state index is 12.0. The van der Waals surface area contributed by atoms with Crippen LogP contribution in [-0.2, 0) is 0 Å². The first kappa shape index (κ1) is 14.2. The Hall–Kier alpha value is -2.26. The van der Waals surface area contributed by atoms with Crippen molar-refractivity contribution in [1.29, 1.82) is 5.26 Å². The summed E-state index contributed by atoms with van der Waals surface area (Å²) < 4.78 is 39.9. The number of rotatable bonds is 2. The van der Waals surface area contributed by atoms with Crippen LogP contribution in [0.3, 0.4) is 0 Å². The van der Waals surface area contributed by atoms with Crippen LogP contribution >= 0.6 is 11.6 Å². The fourth-order valence-electron chi connectivity index (χ4n) is 1.58. The Morgan fingerprint density at radius 2 is 1.85 bits per heavy atom. The summed E-state index contributed by atoms with van der Waals surface area (Å²) in [6.45, 7) is 0. The van der Waals surface area contributed by atoms with Crippen LogP contribution in [-0.4, -0.2) is 11.3 Å². The number of halogens is 4. The third-order valence-corrected chi connectivity index (χ3v) is 2.57. The van der Waals surface area contributed by atoms with Crippen molar-refractivity contribution < 1.29 is 17.9 Å². The summed E-state index contributed by atoms with van der Waals surface area (Å²) >= 11 is 5.80. The fourth-order valence-corrected chi connectivity index (χ4v) is 1.74. The Morgan fingerprint density at radius 3 is 2.40 bits per heavy atom. The van der Waals surface area contributed by atoms with E-state index in [9.17, 15) is 13.2 Å². The molecule has 0 saturated carbocycles. The molecule has 0 saturated heterocycles. The van der Waals surface area contributed by atoms with Crippen LogP contribution in [0.4, 0.5) is 13.2 Å². The Labute approximate surface area is 117 Å². The minimum atomic E-state index is -4.74. The summed E-state index contributed by atoms with van der Waals surface area (Å²) in [6.07, 6.45) is -3.41. The van der Waals surface area contributed by atoms with Gasteiger partial charge in [0.05, 0.1) is 5.02 Å². The van der Waals surface area contributed by atoms with Crippen molar-refractivity contribution in [2.75, 3.05) is 0 Å². The molecule has 0 amide bonds. The van der Waals surface area contributed by atoms with E-state index in [0.717, 1.165) is 12.1 Å². The summed E-state index contributed by atoms with van der Waals surface area (Å²) in [5.41, 5.74) is 1.10. The molecule has 0 aliphatic heterocycles. The number of aromatic nitrogens is 1. The zero-order chi connectivity index (χ0) is 14.8. The SMILES string of the molecule is N#Cc1ncc(Cl)cc1-c1ccc(OC(F)(F)F)cc1. The van der Waals surface area contributed by atoms with Crippen LogP contribution in [0.25, 0.3) is 11.1 Å². The molecular formula is C13H6ClF3N2O. The number of nitriles is 1. The summed E-state index contributed by atoms with van der Waals surface area (Å²) in [4.78, 5) is 3.85. The number of alkyl halides is 3. The van der Waals surface area contributed by atoms with Gasteiger partial charge in [0.1, 0.15) is 17.5 Å². The molecule has 102 valence electrons. The van der Waals surface area contributed by atoms with Crippen molar-refractivity contribution in [3.8, 4) is 22.9 Å². The Morgan fingerprint density at radius 1 is 1.20 bits per heavy atom. The van der Waals surface area contributed by atoms with Crippen LogP contribution in [0, 0.1) is 11.3 Å². The van der Waals surface area contributed by atoms with Crippen molar-refractivity contribution in [2.24, 2.45) is 0 Å². The van der Waals surface area contributed by atoms with Crippen LogP contribution < -0.4 is 4.74 Å². The largest absolute Gasteiger partial charge is 0.573 e. The van der Waals surface area contributed by atoms with Gasteiger partial charge in [0, 0.05) is 11.8 Å². The highest BCUT2D eigenvalue weighted by Gasteiger charge is 2.30. The summed E-state index contributed by atoms with van der Waals surface area (Å²) in [7, 11) is 0. The zero-order valence-corrected chi connectivity index (χ0v) is 10.5. The number of hydrogen-bond donors (Lipinski definition) is 0. The van der Waals surface area contributed by atoms with Crippen LogP contribution in [0.5, 0.6) is 5.75 Å². The van der Waals surface area contributed by atoms with E-state index in [1.54, 1.807) is 0 Å². The molecule has 7 heteroatoms. The highest BCUT2D eigenvalue weighted by atomic mass is 35.5. The molecule has 1 aromatic heterocycles. The standard InChI is InChI=1S/C13H6ClF3N2O/c14-9-5-11(12(6-18)19-7-9)8-1-3-10(4-2-8)20-13(15,16)17/h1-5,7H. The van der Waals surface area contributed by atoms with Crippen LogP contribution in [0.1, 0.15) is 5.69 Å². The lowest BCUT2D eigenvalue weighted by Crippen LogP contribution is -2.16. The highest BCUT2D eigenvalue weighted by Crippen LogP contribution is 2.28. The molecule has 0 N–H and O–H groups in total. The molecule has 0 aliphatic rings. The van der Waals surface area contributed by atoms with E-state index in [2.05, 4.69) is 9.72 Å². The van der Waals surface area contributed by atoms with Crippen molar-refractivity contribution in [1.82, 2.24) is 4.98 Å². The van der Waals surface area contributed by atoms with Gasteiger partial charge in [-0.05, 0) is 23.8 Å². The number of pyridine rings is 1. The molecule has 1 aromatic carbocycles. The summed E-state index contributed by atoms with van der Waals surface area (Å²) in [5, 5.41) is 9.28. The maximum Gasteiger partial charge on any atom is 0.573 e. The third kappa shape index (κ3) is 3.39. The van der Waals surface area contributed by atoms with Crippen molar-refractivity contribution in [3.05, 3.63) is 47.2 Å². The smallest absolute Gasteiger partial charge is 0.406 e. The van der Waals surface area contributed by atoms with Crippen molar-refractivity contribution in [3.63, 3.8) is 0 Å². The van der Waals surface area contributed by atoms with Crippen molar-refractivity contribution in [2.45, 2.75) is 6.36 Å². The van der Waals surface area contributed by atoms with E-state index in [4.69, 9.17) is 16.9 Å². The normalized spacial score (nSPS) is 10.9. The molecule has 0 aliphatic carbocycles.